The molecule has 2 aromatic carbocycles. The number of carbonyl (C=O) groups excluding carboxylic acids is 3. The van der Waals surface area contributed by atoms with Gasteiger partial charge in [-0.25, -0.2) is 4.39 Å². The first-order valence-corrected chi connectivity index (χ1v) is 9.67. The third kappa shape index (κ3) is 4.55. The molecule has 0 atom stereocenters. The topological polar surface area (TPSA) is 66.5 Å². The smallest absolute Gasteiger partial charge is 0.293 e. The van der Waals surface area contributed by atoms with Crippen LogP contribution in [-0.2, 0) is 4.79 Å². The number of amides is 3. The van der Waals surface area contributed by atoms with Gasteiger partial charge in [0, 0.05) is 23.1 Å². The van der Waals surface area contributed by atoms with E-state index in [0.717, 1.165) is 16.7 Å². The van der Waals surface area contributed by atoms with Crippen LogP contribution in [0.25, 0.3) is 6.08 Å². The third-order valence-corrected chi connectivity index (χ3v) is 5.33. The lowest BCUT2D eigenvalue weighted by atomic mass is 10.2. The van der Waals surface area contributed by atoms with E-state index in [1.165, 1.54) is 30.3 Å². The van der Waals surface area contributed by atoms with E-state index in [4.69, 9.17) is 23.2 Å². The number of imide groups is 1. The number of nitrogens with zero attached hydrogens (tertiary/aromatic N) is 1. The van der Waals surface area contributed by atoms with Crippen LogP contribution < -0.4 is 5.32 Å². The van der Waals surface area contributed by atoms with Crippen LogP contribution in [-0.4, -0.2) is 35.0 Å². The minimum atomic E-state index is -0.644. The van der Waals surface area contributed by atoms with Crippen molar-refractivity contribution in [2.75, 3.05) is 13.1 Å². The number of halogens is 3. The molecule has 3 rings (SSSR count). The quantitative estimate of drug-likeness (QED) is 0.692. The van der Waals surface area contributed by atoms with Crippen molar-refractivity contribution < 1.29 is 18.8 Å². The Labute approximate surface area is 174 Å². The fraction of sp³-hybridized carbons (Fsp3) is 0.105. The number of rotatable bonds is 5. The van der Waals surface area contributed by atoms with E-state index < -0.39 is 22.9 Å². The standard InChI is InChI=1S/C19H13Cl2FN2O3S/c20-12-6-5-11(14(21)10-12)9-16-18(26)24(19(27)28-16)8-7-23-17(25)13-3-1-2-4-15(13)22/h1-6,9-10H,7-8H2,(H,23,25)/b16-9+. The van der Waals surface area contributed by atoms with Gasteiger partial charge in [-0.05, 0) is 47.7 Å². The molecule has 1 heterocycles. The normalized spacial score (nSPS) is 15.4. The zero-order chi connectivity index (χ0) is 20.3. The Bertz CT molecular complexity index is 997. The monoisotopic (exact) mass is 438 g/mol. The number of nitrogens with one attached hydrogen (secondary N) is 1. The molecule has 9 heteroatoms. The van der Waals surface area contributed by atoms with Gasteiger partial charge in [0.05, 0.1) is 10.5 Å². The van der Waals surface area contributed by atoms with E-state index in [9.17, 15) is 18.8 Å². The van der Waals surface area contributed by atoms with Gasteiger partial charge in [0.1, 0.15) is 5.82 Å². The highest BCUT2D eigenvalue weighted by atomic mass is 35.5. The Balaban J connectivity index is 1.63. The van der Waals surface area contributed by atoms with E-state index >= 15 is 0 Å². The van der Waals surface area contributed by atoms with Crippen molar-refractivity contribution in [2.24, 2.45) is 0 Å². The molecular formula is C19H13Cl2FN2O3S. The second-order valence-electron chi connectivity index (χ2n) is 5.73. The number of hydrogen-bond acceptors (Lipinski definition) is 4. The Kier molecular flexibility index (Phi) is 6.39. The predicted molar refractivity (Wildman–Crippen MR) is 108 cm³/mol. The fourth-order valence-electron chi connectivity index (χ4n) is 2.47. The summed E-state index contributed by atoms with van der Waals surface area (Å²) < 4.78 is 13.6. The van der Waals surface area contributed by atoms with Crippen LogP contribution in [0.4, 0.5) is 9.18 Å². The molecule has 144 valence electrons. The maximum atomic E-state index is 13.6. The molecule has 1 aliphatic rings. The average Bonchev–Trinajstić information content (AvgIpc) is 2.91. The van der Waals surface area contributed by atoms with Gasteiger partial charge in [0.15, 0.2) is 0 Å². The highest BCUT2D eigenvalue weighted by Crippen LogP contribution is 2.33. The zero-order valence-electron chi connectivity index (χ0n) is 14.2. The maximum absolute atomic E-state index is 13.6. The summed E-state index contributed by atoms with van der Waals surface area (Å²) in [5, 5.41) is 2.86. The Morgan fingerprint density at radius 3 is 2.64 bits per heavy atom. The first-order valence-electron chi connectivity index (χ1n) is 8.10. The van der Waals surface area contributed by atoms with Gasteiger partial charge in [0.25, 0.3) is 17.1 Å². The van der Waals surface area contributed by atoms with Crippen molar-refractivity contribution in [1.82, 2.24) is 10.2 Å². The summed E-state index contributed by atoms with van der Waals surface area (Å²) in [7, 11) is 0. The lowest BCUT2D eigenvalue weighted by molar-refractivity contribution is -0.122. The molecule has 2 aromatic rings. The van der Waals surface area contributed by atoms with E-state index in [0.29, 0.717) is 15.6 Å². The summed E-state index contributed by atoms with van der Waals surface area (Å²) in [6.07, 6.45) is 1.52. The van der Waals surface area contributed by atoms with Crippen molar-refractivity contribution in [1.29, 1.82) is 0 Å². The number of carbonyl (C=O) groups is 3. The highest BCUT2D eigenvalue weighted by Gasteiger charge is 2.34. The van der Waals surface area contributed by atoms with Crippen molar-refractivity contribution in [2.45, 2.75) is 0 Å². The minimum absolute atomic E-state index is 0.000187. The molecule has 0 bridgehead atoms. The van der Waals surface area contributed by atoms with Gasteiger partial charge in [0.2, 0.25) is 0 Å². The first kappa shape index (κ1) is 20.4. The maximum Gasteiger partial charge on any atom is 0.293 e. The van der Waals surface area contributed by atoms with E-state index in [1.54, 1.807) is 18.2 Å². The fourth-order valence-corrected chi connectivity index (χ4v) is 3.79. The SMILES string of the molecule is O=C(NCCN1C(=O)S/C(=C/c2ccc(Cl)cc2Cl)C1=O)c1ccccc1F. The second-order valence-corrected chi connectivity index (χ2v) is 7.57. The minimum Gasteiger partial charge on any atom is -0.350 e. The summed E-state index contributed by atoms with van der Waals surface area (Å²) in [5.74, 6) is -1.75. The molecule has 0 aromatic heterocycles. The van der Waals surface area contributed by atoms with Gasteiger partial charge in [-0.2, -0.15) is 0 Å². The second kappa shape index (κ2) is 8.77. The van der Waals surface area contributed by atoms with Crippen molar-refractivity contribution in [3.8, 4) is 0 Å². The van der Waals surface area contributed by atoms with Gasteiger partial charge in [-0.15, -0.1) is 0 Å². The molecule has 0 aliphatic carbocycles. The predicted octanol–water partition coefficient (Wildman–Crippen LogP) is 4.60. The van der Waals surface area contributed by atoms with Gasteiger partial charge in [-0.1, -0.05) is 41.4 Å². The Morgan fingerprint density at radius 1 is 1.18 bits per heavy atom. The summed E-state index contributed by atoms with van der Waals surface area (Å²) >= 11 is 12.7. The molecule has 28 heavy (non-hydrogen) atoms. The van der Waals surface area contributed by atoms with E-state index in [2.05, 4.69) is 5.32 Å². The molecule has 5 nitrogen and oxygen atoms in total. The molecule has 0 unspecified atom stereocenters. The van der Waals surface area contributed by atoms with Gasteiger partial charge >= 0.3 is 0 Å². The highest BCUT2D eigenvalue weighted by molar-refractivity contribution is 8.18. The van der Waals surface area contributed by atoms with Crippen molar-refractivity contribution >= 4 is 58.1 Å². The van der Waals surface area contributed by atoms with Crippen LogP contribution in [0.1, 0.15) is 15.9 Å². The molecular weight excluding hydrogens is 426 g/mol. The molecule has 3 amide bonds. The molecule has 1 aliphatic heterocycles. The van der Waals surface area contributed by atoms with Crippen LogP contribution in [0.15, 0.2) is 47.4 Å². The molecule has 0 saturated carbocycles. The lowest BCUT2D eigenvalue weighted by Gasteiger charge is -2.13. The van der Waals surface area contributed by atoms with Gasteiger partial charge < -0.3 is 5.32 Å². The summed E-state index contributed by atoms with van der Waals surface area (Å²) in [4.78, 5) is 37.8. The Morgan fingerprint density at radius 2 is 1.93 bits per heavy atom. The zero-order valence-corrected chi connectivity index (χ0v) is 16.6. The molecule has 1 fully saturated rings. The summed E-state index contributed by atoms with van der Waals surface area (Å²) in [6.45, 7) is -0.0310. The molecule has 1 saturated heterocycles. The third-order valence-electron chi connectivity index (χ3n) is 3.86. The summed E-state index contributed by atoms with van der Waals surface area (Å²) in [6, 6.07) is 10.4. The van der Waals surface area contributed by atoms with Crippen LogP contribution in [0.3, 0.4) is 0 Å². The average molecular weight is 439 g/mol. The van der Waals surface area contributed by atoms with E-state index in [-0.39, 0.29) is 23.6 Å². The van der Waals surface area contributed by atoms with Crippen LogP contribution in [0.2, 0.25) is 10.0 Å². The molecule has 0 radical (unpaired) electrons. The largest absolute Gasteiger partial charge is 0.350 e. The van der Waals surface area contributed by atoms with Crippen LogP contribution in [0, 0.1) is 5.82 Å². The first-order chi connectivity index (χ1) is 13.4. The van der Waals surface area contributed by atoms with Crippen molar-refractivity contribution in [3.63, 3.8) is 0 Å². The van der Waals surface area contributed by atoms with E-state index in [1.807, 2.05) is 0 Å². The number of thioether (sulfide) groups is 1. The van der Waals surface area contributed by atoms with Gasteiger partial charge in [-0.3, -0.25) is 19.3 Å². The van der Waals surface area contributed by atoms with Crippen LogP contribution >= 0.6 is 35.0 Å². The Hall–Kier alpha value is -2.35. The lowest BCUT2D eigenvalue weighted by Crippen LogP contribution is -2.37. The molecule has 1 N–H and O–H groups in total. The van der Waals surface area contributed by atoms with Crippen LogP contribution in [0.5, 0.6) is 0 Å². The number of hydrogen-bond donors (Lipinski definition) is 1. The molecule has 0 spiro atoms. The van der Waals surface area contributed by atoms with Crippen molar-refractivity contribution in [3.05, 3.63) is 74.4 Å². The summed E-state index contributed by atoms with van der Waals surface area (Å²) in [5.41, 5.74) is 0.457. The number of benzene rings is 2.